The van der Waals surface area contributed by atoms with Crippen LogP contribution in [0.25, 0.3) is 11.1 Å². The molecule has 0 bridgehead atoms. The van der Waals surface area contributed by atoms with E-state index in [0.717, 1.165) is 0 Å². The van der Waals surface area contributed by atoms with E-state index in [2.05, 4.69) is 0 Å². The number of carboxylic acids is 2. The SMILES string of the molecule is Nc1ccc(-c2ccc(C(=O)O)c(N)c2C(=O)O)cc1. The Labute approximate surface area is 114 Å². The Balaban J connectivity index is 2.71. The highest BCUT2D eigenvalue weighted by Gasteiger charge is 2.21. The number of hydrogen-bond donors (Lipinski definition) is 4. The minimum atomic E-state index is -1.28. The van der Waals surface area contributed by atoms with E-state index in [-0.39, 0.29) is 16.8 Å². The number of carboxylic acid groups (broad SMARTS) is 2. The van der Waals surface area contributed by atoms with Gasteiger partial charge in [-0.1, -0.05) is 18.2 Å². The zero-order valence-electron chi connectivity index (χ0n) is 10.3. The molecule has 0 saturated heterocycles. The molecule has 20 heavy (non-hydrogen) atoms. The standard InChI is InChI=1S/C14H12N2O4/c15-8-3-1-7(2-4-8)9-5-6-10(13(17)18)12(16)11(9)14(19)20/h1-6H,15-16H2,(H,17,18)(H,19,20). The second-order valence-corrected chi connectivity index (χ2v) is 4.18. The minimum Gasteiger partial charge on any atom is -0.478 e. The van der Waals surface area contributed by atoms with Crippen molar-refractivity contribution >= 4 is 23.3 Å². The molecule has 0 heterocycles. The molecule has 6 nitrogen and oxygen atoms in total. The van der Waals surface area contributed by atoms with Crippen LogP contribution in [0, 0.1) is 0 Å². The second kappa shape index (κ2) is 4.93. The van der Waals surface area contributed by atoms with Gasteiger partial charge in [-0.05, 0) is 29.3 Å². The van der Waals surface area contributed by atoms with Crippen LogP contribution in [-0.2, 0) is 0 Å². The summed E-state index contributed by atoms with van der Waals surface area (Å²) >= 11 is 0. The van der Waals surface area contributed by atoms with Crippen molar-refractivity contribution in [1.29, 1.82) is 0 Å². The van der Waals surface area contributed by atoms with E-state index in [0.29, 0.717) is 16.8 Å². The lowest BCUT2D eigenvalue weighted by Gasteiger charge is -2.11. The van der Waals surface area contributed by atoms with Gasteiger partial charge in [-0.25, -0.2) is 9.59 Å². The van der Waals surface area contributed by atoms with E-state index in [4.69, 9.17) is 16.6 Å². The van der Waals surface area contributed by atoms with Gasteiger partial charge in [0.05, 0.1) is 16.8 Å². The fourth-order valence-electron chi connectivity index (χ4n) is 1.94. The van der Waals surface area contributed by atoms with Gasteiger partial charge in [-0.3, -0.25) is 0 Å². The lowest BCUT2D eigenvalue weighted by Crippen LogP contribution is -2.11. The molecular weight excluding hydrogens is 260 g/mol. The van der Waals surface area contributed by atoms with Crippen molar-refractivity contribution in [3.8, 4) is 11.1 Å². The molecule has 0 spiro atoms. The second-order valence-electron chi connectivity index (χ2n) is 4.18. The highest BCUT2D eigenvalue weighted by molar-refractivity contribution is 6.07. The molecule has 0 aliphatic heterocycles. The Hall–Kier alpha value is -3.02. The third kappa shape index (κ3) is 2.26. The maximum absolute atomic E-state index is 11.4. The summed E-state index contributed by atoms with van der Waals surface area (Å²) in [6.07, 6.45) is 0. The van der Waals surface area contributed by atoms with Gasteiger partial charge in [-0.15, -0.1) is 0 Å². The van der Waals surface area contributed by atoms with E-state index < -0.39 is 11.9 Å². The van der Waals surface area contributed by atoms with Crippen LogP contribution >= 0.6 is 0 Å². The molecule has 2 aromatic carbocycles. The third-order valence-corrected chi connectivity index (χ3v) is 2.91. The Kier molecular flexibility index (Phi) is 3.30. The van der Waals surface area contributed by atoms with Crippen LogP contribution < -0.4 is 11.5 Å². The smallest absolute Gasteiger partial charge is 0.338 e. The maximum Gasteiger partial charge on any atom is 0.338 e. The molecular formula is C14H12N2O4. The summed E-state index contributed by atoms with van der Waals surface area (Å²) in [5.41, 5.74) is 12.0. The number of nitrogen functional groups attached to an aromatic ring is 2. The molecule has 0 radical (unpaired) electrons. The van der Waals surface area contributed by atoms with Gasteiger partial charge in [0.15, 0.2) is 0 Å². The van der Waals surface area contributed by atoms with E-state index in [1.54, 1.807) is 24.3 Å². The van der Waals surface area contributed by atoms with Crippen molar-refractivity contribution in [2.75, 3.05) is 11.5 Å². The third-order valence-electron chi connectivity index (χ3n) is 2.91. The first-order valence-electron chi connectivity index (χ1n) is 5.66. The highest BCUT2D eigenvalue weighted by atomic mass is 16.4. The molecule has 6 N–H and O–H groups in total. The number of aromatic carboxylic acids is 2. The van der Waals surface area contributed by atoms with Crippen molar-refractivity contribution in [3.63, 3.8) is 0 Å². The Bertz CT molecular complexity index is 693. The summed E-state index contributed by atoms with van der Waals surface area (Å²) in [5, 5.41) is 18.3. The fraction of sp³-hybridized carbons (Fsp3) is 0. The van der Waals surface area contributed by atoms with Crippen LogP contribution in [0.2, 0.25) is 0 Å². The van der Waals surface area contributed by atoms with E-state index in [1.165, 1.54) is 12.1 Å². The molecule has 0 saturated carbocycles. The van der Waals surface area contributed by atoms with Gasteiger partial charge < -0.3 is 21.7 Å². The molecule has 0 amide bonds. The van der Waals surface area contributed by atoms with Crippen LogP contribution in [0.3, 0.4) is 0 Å². The molecule has 6 heteroatoms. The normalized spacial score (nSPS) is 10.2. The summed E-state index contributed by atoms with van der Waals surface area (Å²) in [5.74, 6) is -2.55. The first-order chi connectivity index (χ1) is 9.41. The fourth-order valence-corrected chi connectivity index (χ4v) is 1.94. The van der Waals surface area contributed by atoms with Crippen molar-refractivity contribution < 1.29 is 19.8 Å². The number of rotatable bonds is 3. The molecule has 0 aliphatic rings. The Morgan fingerprint density at radius 1 is 0.850 bits per heavy atom. The molecule has 2 rings (SSSR count). The van der Waals surface area contributed by atoms with Crippen molar-refractivity contribution in [1.82, 2.24) is 0 Å². The maximum atomic E-state index is 11.4. The van der Waals surface area contributed by atoms with Crippen molar-refractivity contribution in [3.05, 3.63) is 47.5 Å². The zero-order valence-corrected chi connectivity index (χ0v) is 10.3. The van der Waals surface area contributed by atoms with Crippen LogP contribution in [0.4, 0.5) is 11.4 Å². The molecule has 0 aromatic heterocycles. The van der Waals surface area contributed by atoms with Crippen LogP contribution in [-0.4, -0.2) is 22.2 Å². The van der Waals surface area contributed by atoms with Crippen molar-refractivity contribution in [2.45, 2.75) is 0 Å². The van der Waals surface area contributed by atoms with Gasteiger partial charge in [0.25, 0.3) is 0 Å². The summed E-state index contributed by atoms with van der Waals surface area (Å²) in [4.78, 5) is 22.4. The van der Waals surface area contributed by atoms with Crippen LogP contribution in [0.5, 0.6) is 0 Å². The van der Waals surface area contributed by atoms with Crippen molar-refractivity contribution in [2.24, 2.45) is 0 Å². The lowest BCUT2D eigenvalue weighted by atomic mass is 9.95. The number of anilines is 2. The summed E-state index contributed by atoms with van der Waals surface area (Å²) in [6.45, 7) is 0. The van der Waals surface area contributed by atoms with Crippen LogP contribution in [0.15, 0.2) is 36.4 Å². The first kappa shape index (κ1) is 13.4. The number of hydrogen-bond acceptors (Lipinski definition) is 4. The predicted molar refractivity (Wildman–Crippen MR) is 74.6 cm³/mol. The molecule has 102 valence electrons. The van der Waals surface area contributed by atoms with Gasteiger partial charge in [0.1, 0.15) is 0 Å². The molecule has 0 fully saturated rings. The van der Waals surface area contributed by atoms with Gasteiger partial charge in [0.2, 0.25) is 0 Å². The highest BCUT2D eigenvalue weighted by Crippen LogP contribution is 2.31. The first-order valence-corrected chi connectivity index (χ1v) is 5.66. The zero-order chi connectivity index (χ0) is 14.9. The Morgan fingerprint density at radius 2 is 1.45 bits per heavy atom. The molecule has 0 atom stereocenters. The topological polar surface area (TPSA) is 127 Å². The molecule has 0 aliphatic carbocycles. The Morgan fingerprint density at radius 3 is 1.95 bits per heavy atom. The monoisotopic (exact) mass is 272 g/mol. The number of nitrogens with two attached hydrogens (primary N) is 2. The summed E-state index contributed by atoms with van der Waals surface area (Å²) in [6, 6.07) is 9.27. The van der Waals surface area contributed by atoms with Gasteiger partial charge in [0, 0.05) is 5.69 Å². The lowest BCUT2D eigenvalue weighted by molar-refractivity contribution is 0.0696. The van der Waals surface area contributed by atoms with E-state index >= 15 is 0 Å². The number of benzene rings is 2. The molecule has 2 aromatic rings. The minimum absolute atomic E-state index is 0.227. The number of carbonyl (C=O) groups is 2. The van der Waals surface area contributed by atoms with E-state index in [1.807, 2.05) is 0 Å². The van der Waals surface area contributed by atoms with Gasteiger partial charge in [-0.2, -0.15) is 0 Å². The van der Waals surface area contributed by atoms with Gasteiger partial charge >= 0.3 is 11.9 Å². The average Bonchev–Trinajstić information content (AvgIpc) is 2.38. The average molecular weight is 272 g/mol. The van der Waals surface area contributed by atoms with E-state index in [9.17, 15) is 14.7 Å². The molecule has 0 unspecified atom stereocenters. The predicted octanol–water partition coefficient (Wildman–Crippen LogP) is 1.91. The largest absolute Gasteiger partial charge is 0.478 e. The summed E-state index contributed by atoms with van der Waals surface area (Å²) in [7, 11) is 0. The van der Waals surface area contributed by atoms with Crippen LogP contribution in [0.1, 0.15) is 20.7 Å². The quantitative estimate of drug-likeness (QED) is 0.632. The summed E-state index contributed by atoms with van der Waals surface area (Å²) < 4.78 is 0.